The third-order valence-electron chi connectivity index (χ3n) is 7.52. The van der Waals surface area contributed by atoms with Gasteiger partial charge in [0.2, 0.25) is 11.8 Å². The van der Waals surface area contributed by atoms with E-state index in [9.17, 15) is 4.79 Å². The van der Waals surface area contributed by atoms with Crippen LogP contribution in [0.1, 0.15) is 35.7 Å². The Balaban J connectivity index is 1.68. The lowest BCUT2D eigenvalue weighted by molar-refractivity contribution is -0.136. The van der Waals surface area contributed by atoms with Crippen molar-refractivity contribution in [1.82, 2.24) is 20.1 Å². The van der Waals surface area contributed by atoms with Crippen molar-refractivity contribution < 1.29 is 14.3 Å². The summed E-state index contributed by atoms with van der Waals surface area (Å²) >= 11 is 3.60. The number of benzene rings is 3. The van der Waals surface area contributed by atoms with Gasteiger partial charge >= 0.3 is 0 Å². The largest absolute Gasteiger partial charge is 0.497 e. The molecule has 4 aromatic rings. The van der Waals surface area contributed by atoms with Crippen molar-refractivity contribution in [3.05, 3.63) is 100 Å². The maximum atomic E-state index is 14.4. The molecule has 0 aliphatic carbocycles. The van der Waals surface area contributed by atoms with E-state index in [-0.39, 0.29) is 11.9 Å². The second-order valence-electron chi connectivity index (χ2n) is 10.0. The van der Waals surface area contributed by atoms with Crippen molar-refractivity contribution in [3.8, 4) is 11.6 Å². The zero-order valence-electron chi connectivity index (χ0n) is 23.1. The van der Waals surface area contributed by atoms with Gasteiger partial charge in [-0.15, -0.1) is 0 Å². The molecular formula is C32H35BrN4O3. The van der Waals surface area contributed by atoms with Crippen molar-refractivity contribution in [2.75, 3.05) is 46.9 Å². The molecule has 1 amide bonds. The molecule has 208 valence electrons. The van der Waals surface area contributed by atoms with E-state index in [1.54, 1.807) is 14.2 Å². The molecule has 0 unspecified atom stereocenters. The quantitative estimate of drug-likeness (QED) is 0.269. The van der Waals surface area contributed by atoms with Crippen molar-refractivity contribution >= 4 is 32.7 Å². The number of carbonyl (C=O) groups is 1. The number of aromatic nitrogens is 1. The summed E-state index contributed by atoms with van der Waals surface area (Å²) in [5, 5.41) is 4.35. The number of halogens is 1. The molecule has 1 saturated heterocycles. The molecule has 3 aromatic carbocycles. The average molecular weight is 604 g/mol. The minimum atomic E-state index is -0.431. The zero-order valence-corrected chi connectivity index (χ0v) is 24.7. The van der Waals surface area contributed by atoms with Crippen LogP contribution in [0.2, 0.25) is 0 Å². The summed E-state index contributed by atoms with van der Waals surface area (Å²) in [7, 11) is 3.29. The van der Waals surface area contributed by atoms with E-state index in [2.05, 4.69) is 51.3 Å². The Kier molecular flexibility index (Phi) is 8.99. The summed E-state index contributed by atoms with van der Waals surface area (Å²) in [6.45, 7) is 5.84. The Hall–Kier alpha value is -3.46. The minimum absolute atomic E-state index is 0.0514. The van der Waals surface area contributed by atoms with E-state index < -0.39 is 6.04 Å². The highest BCUT2D eigenvalue weighted by molar-refractivity contribution is 9.10. The number of piperazine rings is 1. The van der Waals surface area contributed by atoms with Crippen LogP contribution >= 0.6 is 15.9 Å². The third kappa shape index (κ3) is 6.14. The van der Waals surface area contributed by atoms with Crippen LogP contribution in [0.5, 0.6) is 11.6 Å². The molecule has 1 aliphatic heterocycles. The van der Waals surface area contributed by atoms with Crippen LogP contribution in [0.25, 0.3) is 10.9 Å². The fraction of sp³-hybridized carbons (Fsp3) is 0.312. The molecule has 7 nitrogen and oxygen atoms in total. The fourth-order valence-corrected chi connectivity index (χ4v) is 5.78. The first-order chi connectivity index (χ1) is 19.5. The standard InChI is InChI=1S/C32H35BrN4O3/c1-22(23-9-12-27(39-2)13-10-23)37(30(38)21-36-17-15-34-16-18-36)31(24-7-5-4-6-8-24)28-20-25-19-26(33)11-14-29(25)35-32(28)40-3/h4-14,19-20,22,31,34H,15-18,21H2,1-3H3/t22-,31+/m0/s1. The van der Waals surface area contributed by atoms with E-state index in [0.717, 1.165) is 64.0 Å². The SMILES string of the molecule is COc1ccc([C@H](C)N(C(=O)CN2CCNCC2)[C@H](c2ccccc2)c2cc3cc(Br)ccc3nc2OC)cc1. The molecule has 1 N–H and O–H groups in total. The van der Waals surface area contributed by atoms with E-state index in [4.69, 9.17) is 14.5 Å². The van der Waals surface area contributed by atoms with E-state index in [0.29, 0.717) is 12.4 Å². The number of nitrogens with zero attached hydrogens (tertiary/aromatic N) is 3. The summed E-state index contributed by atoms with van der Waals surface area (Å²) in [5.41, 5.74) is 3.68. The van der Waals surface area contributed by atoms with Crippen LogP contribution in [0.15, 0.2) is 83.3 Å². The number of nitrogens with one attached hydrogen (secondary N) is 1. The van der Waals surface area contributed by atoms with Gasteiger partial charge in [-0.25, -0.2) is 4.98 Å². The van der Waals surface area contributed by atoms with Crippen LogP contribution in [-0.4, -0.2) is 67.6 Å². The maximum absolute atomic E-state index is 14.4. The average Bonchev–Trinajstić information content (AvgIpc) is 2.99. The highest BCUT2D eigenvalue weighted by Crippen LogP contribution is 2.40. The molecule has 0 saturated carbocycles. The molecular weight excluding hydrogens is 568 g/mol. The Morgan fingerprint density at radius 3 is 2.38 bits per heavy atom. The van der Waals surface area contributed by atoms with Gasteiger partial charge in [-0.2, -0.15) is 0 Å². The van der Waals surface area contributed by atoms with Crippen LogP contribution in [0.3, 0.4) is 0 Å². The normalized spacial score (nSPS) is 15.4. The lowest BCUT2D eigenvalue weighted by atomic mass is 9.93. The summed E-state index contributed by atoms with van der Waals surface area (Å²) in [4.78, 5) is 23.5. The van der Waals surface area contributed by atoms with Crippen molar-refractivity contribution in [2.45, 2.75) is 19.0 Å². The monoisotopic (exact) mass is 602 g/mol. The maximum Gasteiger partial charge on any atom is 0.238 e. The smallest absolute Gasteiger partial charge is 0.238 e. The first-order valence-corrected chi connectivity index (χ1v) is 14.3. The summed E-state index contributed by atoms with van der Waals surface area (Å²) in [6, 6.07) is 25.5. The lowest BCUT2D eigenvalue weighted by Crippen LogP contribution is -2.49. The highest BCUT2D eigenvalue weighted by Gasteiger charge is 2.35. The molecule has 0 spiro atoms. The number of hydrogen-bond donors (Lipinski definition) is 1. The van der Waals surface area contributed by atoms with E-state index in [1.165, 1.54) is 0 Å². The number of carbonyl (C=O) groups excluding carboxylic acids is 1. The number of methoxy groups -OCH3 is 2. The topological polar surface area (TPSA) is 66.9 Å². The van der Waals surface area contributed by atoms with E-state index in [1.807, 2.05) is 65.6 Å². The second kappa shape index (κ2) is 12.8. The van der Waals surface area contributed by atoms with Gasteiger partial charge in [-0.3, -0.25) is 9.69 Å². The van der Waals surface area contributed by atoms with Crippen molar-refractivity contribution in [2.24, 2.45) is 0 Å². The number of fused-ring (bicyclic) bond motifs is 1. The van der Waals surface area contributed by atoms with Gasteiger partial charge in [0.15, 0.2) is 0 Å². The molecule has 0 radical (unpaired) electrons. The van der Waals surface area contributed by atoms with Gasteiger partial charge in [0.05, 0.1) is 38.4 Å². The van der Waals surface area contributed by atoms with E-state index >= 15 is 0 Å². The third-order valence-corrected chi connectivity index (χ3v) is 8.02. The van der Waals surface area contributed by atoms with Gasteiger partial charge in [-0.1, -0.05) is 58.4 Å². The highest BCUT2D eigenvalue weighted by atomic mass is 79.9. The predicted molar refractivity (Wildman–Crippen MR) is 162 cm³/mol. The van der Waals surface area contributed by atoms with Gasteiger partial charge < -0.3 is 19.7 Å². The first kappa shape index (κ1) is 28.1. The molecule has 1 aliphatic rings. The summed E-state index contributed by atoms with van der Waals surface area (Å²) in [6.07, 6.45) is 0. The lowest BCUT2D eigenvalue weighted by Gasteiger charge is -2.39. The van der Waals surface area contributed by atoms with Gasteiger partial charge in [0.1, 0.15) is 5.75 Å². The second-order valence-corrected chi connectivity index (χ2v) is 10.9. The summed E-state index contributed by atoms with van der Waals surface area (Å²) < 4.78 is 12.3. The minimum Gasteiger partial charge on any atom is -0.497 e. The number of amides is 1. The van der Waals surface area contributed by atoms with Crippen LogP contribution in [0.4, 0.5) is 0 Å². The number of hydrogen-bond acceptors (Lipinski definition) is 6. The summed E-state index contributed by atoms with van der Waals surface area (Å²) in [5.74, 6) is 1.33. The number of rotatable bonds is 9. The molecule has 1 fully saturated rings. The molecule has 8 heteroatoms. The Labute approximate surface area is 244 Å². The van der Waals surface area contributed by atoms with Crippen LogP contribution < -0.4 is 14.8 Å². The van der Waals surface area contributed by atoms with Gasteiger partial charge in [0.25, 0.3) is 0 Å². The molecule has 5 rings (SSSR count). The number of pyridine rings is 1. The Bertz CT molecular complexity index is 1440. The van der Waals surface area contributed by atoms with Crippen molar-refractivity contribution in [3.63, 3.8) is 0 Å². The molecule has 2 heterocycles. The molecule has 0 bridgehead atoms. The molecule has 2 atom stereocenters. The molecule has 1 aromatic heterocycles. The van der Waals surface area contributed by atoms with Crippen LogP contribution in [0, 0.1) is 0 Å². The fourth-order valence-electron chi connectivity index (χ4n) is 5.40. The molecule has 40 heavy (non-hydrogen) atoms. The zero-order chi connectivity index (χ0) is 28.1. The first-order valence-electron chi connectivity index (χ1n) is 13.6. The van der Waals surface area contributed by atoms with Crippen molar-refractivity contribution in [1.29, 1.82) is 0 Å². The number of ether oxygens (including phenoxy) is 2. The van der Waals surface area contributed by atoms with Gasteiger partial charge in [-0.05, 0) is 54.4 Å². The Morgan fingerprint density at radius 1 is 0.975 bits per heavy atom. The van der Waals surface area contributed by atoms with Gasteiger partial charge in [0, 0.05) is 41.6 Å². The Morgan fingerprint density at radius 2 is 1.70 bits per heavy atom. The van der Waals surface area contributed by atoms with Crippen LogP contribution in [-0.2, 0) is 4.79 Å². The predicted octanol–water partition coefficient (Wildman–Crippen LogP) is 5.60.